The molecule has 260 valence electrons. The number of amides is 2. The van der Waals surface area contributed by atoms with Crippen molar-refractivity contribution in [3.8, 4) is 23.0 Å². The van der Waals surface area contributed by atoms with Gasteiger partial charge in [0.1, 0.15) is 13.2 Å². The van der Waals surface area contributed by atoms with Crippen LogP contribution in [0.5, 0.6) is 23.0 Å². The van der Waals surface area contributed by atoms with Crippen molar-refractivity contribution in [1.29, 1.82) is 0 Å². The number of carbonyl (C=O) groups is 2. The standard InChI is InChI=1S/C33H36BrN5O10/c1-5-46-26-15-22(30-29(32(41)45-4)19(3)36-33(42)37-30)10-11-25(26)48-18-28(40)38-35-16-21-13-24(34)31(27(14-21)47-6-2)49-17-20-8-7-9-23(12-20)39(43)44/h7-16,28,30,38,40H,5-6,17-18H2,1-4H3,(H2,36,37,42)/b35-16-/t28-,30-/m0/s1. The Bertz CT molecular complexity index is 1750. The van der Waals surface area contributed by atoms with Gasteiger partial charge >= 0.3 is 12.0 Å². The molecule has 15 nitrogen and oxygen atoms in total. The van der Waals surface area contributed by atoms with E-state index in [1.54, 1.807) is 56.3 Å². The van der Waals surface area contributed by atoms with Crippen molar-refractivity contribution in [2.45, 2.75) is 39.6 Å². The molecule has 4 N–H and O–H groups in total. The minimum atomic E-state index is -1.21. The Labute approximate surface area is 290 Å². The number of non-ortho nitro benzene ring substituents is 1. The van der Waals surface area contributed by atoms with Gasteiger partial charge in [-0.3, -0.25) is 15.5 Å². The first-order valence-corrected chi connectivity index (χ1v) is 15.9. The third-order valence-electron chi connectivity index (χ3n) is 6.95. The van der Waals surface area contributed by atoms with Crippen LogP contribution in [0.25, 0.3) is 0 Å². The van der Waals surface area contributed by atoms with E-state index in [0.717, 1.165) is 0 Å². The van der Waals surface area contributed by atoms with Crippen LogP contribution in [0.1, 0.15) is 43.5 Å². The molecule has 0 radical (unpaired) electrons. The summed E-state index contributed by atoms with van der Waals surface area (Å²) in [5.41, 5.74) is 4.99. The van der Waals surface area contributed by atoms with Crippen molar-refractivity contribution >= 4 is 39.8 Å². The number of esters is 1. The van der Waals surface area contributed by atoms with Gasteiger partial charge in [0.25, 0.3) is 5.69 Å². The number of ether oxygens (including phenoxy) is 5. The molecule has 16 heteroatoms. The van der Waals surface area contributed by atoms with Gasteiger partial charge in [-0.2, -0.15) is 5.10 Å². The molecule has 0 fully saturated rings. The Morgan fingerprint density at radius 2 is 1.84 bits per heavy atom. The number of benzene rings is 3. The van der Waals surface area contributed by atoms with E-state index in [-0.39, 0.29) is 24.5 Å². The van der Waals surface area contributed by atoms with Crippen LogP contribution in [0.15, 0.2) is 75.4 Å². The maximum Gasteiger partial charge on any atom is 0.337 e. The second-order valence-corrected chi connectivity index (χ2v) is 11.2. The first kappa shape index (κ1) is 36.5. The number of hydrogen-bond donors (Lipinski definition) is 4. The summed E-state index contributed by atoms with van der Waals surface area (Å²) < 4.78 is 28.7. The SMILES string of the molecule is CCOc1cc([C@@H]2NC(=O)NC(C)=C2C(=O)OC)ccc1OC[C@H](O)N/N=C\c1cc(Br)c(OCc2cccc([N+](=O)[O-])c2)c(OCC)c1. The lowest BCUT2D eigenvalue weighted by atomic mass is 9.95. The lowest BCUT2D eigenvalue weighted by Crippen LogP contribution is -2.45. The number of nitrogens with zero attached hydrogens (tertiary/aromatic N) is 2. The topological polar surface area (TPSA) is 192 Å². The van der Waals surface area contributed by atoms with Crippen molar-refractivity contribution in [2.75, 3.05) is 26.9 Å². The van der Waals surface area contributed by atoms with Gasteiger partial charge in [0.2, 0.25) is 0 Å². The molecule has 0 aliphatic carbocycles. The molecular weight excluding hydrogens is 706 g/mol. The molecule has 1 aliphatic heterocycles. The fraction of sp³-hybridized carbons (Fsp3) is 0.303. The van der Waals surface area contributed by atoms with Crippen LogP contribution in [0, 0.1) is 10.1 Å². The van der Waals surface area contributed by atoms with Gasteiger partial charge < -0.3 is 39.4 Å². The molecule has 3 aromatic carbocycles. The quantitative estimate of drug-likeness (QED) is 0.0516. The van der Waals surface area contributed by atoms with Crippen LogP contribution in [-0.4, -0.2) is 61.4 Å². The molecule has 3 aromatic rings. The van der Waals surface area contributed by atoms with Crippen molar-refractivity contribution in [1.82, 2.24) is 16.1 Å². The summed E-state index contributed by atoms with van der Waals surface area (Å²) in [7, 11) is 1.26. The first-order valence-electron chi connectivity index (χ1n) is 15.1. The average molecular weight is 743 g/mol. The molecule has 0 spiro atoms. The summed E-state index contributed by atoms with van der Waals surface area (Å²) in [6.07, 6.45) is 0.265. The number of nitro groups is 1. The Kier molecular flexibility index (Phi) is 12.8. The number of rotatable bonds is 16. The summed E-state index contributed by atoms with van der Waals surface area (Å²) in [5.74, 6) is 0.909. The molecule has 0 saturated carbocycles. The first-order chi connectivity index (χ1) is 23.5. The lowest BCUT2D eigenvalue weighted by Gasteiger charge is -2.28. The van der Waals surface area contributed by atoms with Crippen LogP contribution >= 0.6 is 15.9 Å². The second kappa shape index (κ2) is 17.2. The zero-order valence-electron chi connectivity index (χ0n) is 27.2. The summed E-state index contributed by atoms with van der Waals surface area (Å²) in [5, 5.41) is 31.0. The summed E-state index contributed by atoms with van der Waals surface area (Å²) >= 11 is 3.49. The van der Waals surface area contributed by atoms with Crippen molar-refractivity contribution < 1.29 is 43.3 Å². The molecule has 1 aliphatic rings. The van der Waals surface area contributed by atoms with Crippen molar-refractivity contribution in [2.24, 2.45) is 5.10 Å². The zero-order valence-corrected chi connectivity index (χ0v) is 28.7. The summed E-state index contributed by atoms with van der Waals surface area (Å²) in [4.78, 5) is 35.3. The van der Waals surface area contributed by atoms with Crippen LogP contribution in [0.2, 0.25) is 0 Å². The molecule has 0 bridgehead atoms. The van der Waals surface area contributed by atoms with Gasteiger partial charge in [0.15, 0.2) is 29.2 Å². The monoisotopic (exact) mass is 741 g/mol. The number of methoxy groups -OCH3 is 1. The molecule has 0 saturated heterocycles. The van der Waals surface area contributed by atoms with E-state index >= 15 is 0 Å². The Morgan fingerprint density at radius 1 is 1.08 bits per heavy atom. The van der Waals surface area contributed by atoms with Crippen LogP contribution in [0.3, 0.4) is 0 Å². The Hall–Kier alpha value is -5.35. The van der Waals surface area contributed by atoms with Gasteiger partial charge in [-0.15, -0.1) is 0 Å². The number of allylic oxidation sites excluding steroid dienone is 1. The highest BCUT2D eigenvalue weighted by molar-refractivity contribution is 9.10. The van der Waals surface area contributed by atoms with E-state index in [4.69, 9.17) is 23.7 Å². The molecule has 1 heterocycles. The maximum absolute atomic E-state index is 12.5. The van der Waals surface area contributed by atoms with E-state index in [2.05, 4.69) is 37.1 Å². The van der Waals surface area contributed by atoms with Crippen molar-refractivity contribution in [3.63, 3.8) is 0 Å². The molecule has 2 atom stereocenters. The number of halogens is 1. The normalized spacial score (nSPS) is 14.8. The molecule has 0 unspecified atom stereocenters. The number of hydrazone groups is 1. The third kappa shape index (κ3) is 9.61. The third-order valence-corrected chi connectivity index (χ3v) is 7.53. The highest BCUT2D eigenvalue weighted by atomic mass is 79.9. The predicted molar refractivity (Wildman–Crippen MR) is 182 cm³/mol. The number of carbonyl (C=O) groups excluding carboxylic acids is 2. The predicted octanol–water partition coefficient (Wildman–Crippen LogP) is 4.86. The number of urea groups is 1. The Balaban J connectivity index is 1.40. The highest BCUT2D eigenvalue weighted by Crippen LogP contribution is 2.38. The highest BCUT2D eigenvalue weighted by Gasteiger charge is 2.32. The molecule has 4 rings (SSSR count). The maximum atomic E-state index is 12.5. The van der Waals surface area contributed by atoms with Gasteiger partial charge in [-0.1, -0.05) is 18.2 Å². The number of aliphatic hydroxyl groups excluding tert-OH is 1. The van der Waals surface area contributed by atoms with E-state index in [9.17, 15) is 24.8 Å². The van der Waals surface area contributed by atoms with Crippen LogP contribution in [0.4, 0.5) is 10.5 Å². The van der Waals surface area contributed by atoms with Gasteiger partial charge in [0.05, 0.1) is 47.5 Å². The van der Waals surface area contributed by atoms with Crippen molar-refractivity contribution in [3.05, 3.63) is 97.1 Å². The Morgan fingerprint density at radius 3 is 2.55 bits per heavy atom. The number of nitro benzene ring substituents is 1. The molecular formula is C33H36BrN5O10. The number of aliphatic hydroxyl groups is 1. The van der Waals surface area contributed by atoms with E-state index in [1.165, 1.54) is 25.5 Å². The van der Waals surface area contributed by atoms with Crippen LogP contribution in [-0.2, 0) is 16.1 Å². The minimum absolute atomic E-state index is 0.0309. The summed E-state index contributed by atoms with van der Waals surface area (Å²) in [6, 6.07) is 13.3. The number of hydrogen-bond acceptors (Lipinski definition) is 12. The minimum Gasteiger partial charge on any atom is -0.490 e. The molecule has 49 heavy (non-hydrogen) atoms. The van der Waals surface area contributed by atoms with Gasteiger partial charge in [0, 0.05) is 17.8 Å². The fourth-order valence-electron chi connectivity index (χ4n) is 4.80. The second-order valence-electron chi connectivity index (χ2n) is 10.4. The van der Waals surface area contributed by atoms with Crippen LogP contribution < -0.4 is 35.0 Å². The molecule has 2 amide bonds. The lowest BCUT2D eigenvalue weighted by molar-refractivity contribution is -0.384. The zero-order chi connectivity index (χ0) is 35.5. The summed E-state index contributed by atoms with van der Waals surface area (Å²) in [6.45, 7) is 5.77. The van der Waals surface area contributed by atoms with Gasteiger partial charge in [-0.05, 0) is 77.7 Å². The number of nitrogens with one attached hydrogen (secondary N) is 3. The average Bonchev–Trinajstić information content (AvgIpc) is 3.07. The smallest absolute Gasteiger partial charge is 0.337 e. The van der Waals surface area contributed by atoms with E-state index < -0.39 is 29.2 Å². The largest absolute Gasteiger partial charge is 0.490 e. The van der Waals surface area contributed by atoms with Gasteiger partial charge in [-0.25, -0.2) is 9.59 Å². The molecule has 0 aromatic heterocycles. The van der Waals surface area contributed by atoms with E-state index in [1.807, 2.05) is 6.92 Å². The van der Waals surface area contributed by atoms with E-state index in [0.29, 0.717) is 63.1 Å². The fourth-order valence-corrected chi connectivity index (χ4v) is 5.37.